The predicted molar refractivity (Wildman–Crippen MR) is 146 cm³/mol. The van der Waals surface area contributed by atoms with Crippen LogP contribution in [0.3, 0.4) is 0 Å². The van der Waals surface area contributed by atoms with Crippen LogP contribution >= 0.6 is 11.8 Å². The number of carbonyl (C=O) groups excluding carboxylic acids is 1. The molecule has 0 radical (unpaired) electrons. The van der Waals surface area contributed by atoms with E-state index in [0.29, 0.717) is 5.16 Å². The molecule has 3 aromatic carbocycles. The second-order valence-electron chi connectivity index (χ2n) is 9.58. The number of hydrogen-bond acceptors (Lipinski definition) is 5. The molecule has 35 heavy (non-hydrogen) atoms. The maximum atomic E-state index is 12.7. The van der Waals surface area contributed by atoms with Crippen LogP contribution in [-0.4, -0.2) is 40.5 Å². The van der Waals surface area contributed by atoms with Gasteiger partial charge in [-0.2, -0.15) is 0 Å². The molecule has 0 spiro atoms. The zero-order chi connectivity index (χ0) is 25.0. The number of thioether (sulfide) groups is 1. The third-order valence-corrected chi connectivity index (χ3v) is 6.59. The summed E-state index contributed by atoms with van der Waals surface area (Å²) in [5.74, 6) is 0.883. The molecule has 4 rings (SSSR count). The molecule has 7 heteroatoms. The number of nitrogens with one attached hydrogen (secondary N) is 1. The predicted octanol–water partition coefficient (Wildman–Crippen LogP) is 6.03. The Hall–Kier alpha value is -3.58. The fourth-order valence-corrected chi connectivity index (χ4v) is 4.40. The lowest BCUT2D eigenvalue weighted by Crippen LogP contribution is -2.15. The number of aromatic nitrogens is 3. The number of hydrogen-bond donors (Lipinski definition) is 1. The number of nitrogens with zero attached hydrogens (tertiary/aromatic N) is 4. The number of rotatable bonds is 7. The molecule has 0 saturated carbocycles. The van der Waals surface area contributed by atoms with E-state index < -0.39 is 0 Å². The van der Waals surface area contributed by atoms with Gasteiger partial charge in [-0.05, 0) is 47.4 Å². The molecule has 180 valence electrons. The molecule has 0 unspecified atom stereocenters. The summed E-state index contributed by atoms with van der Waals surface area (Å²) >= 11 is 1.37. The Balaban J connectivity index is 1.55. The Bertz CT molecular complexity index is 1270. The normalized spacial score (nSPS) is 11.3. The topological polar surface area (TPSA) is 63.1 Å². The summed E-state index contributed by atoms with van der Waals surface area (Å²) in [4.78, 5) is 14.7. The van der Waals surface area contributed by atoms with Crippen LogP contribution in [-0.2, 0) is 10.2 Å². The van der Waals surface area contributed by atoms with Gasteiger partial charge in [0.05, 0.1) is 5.75 Å². The molecule has 0 aliphatic heterocycles. The third kappa shape index (κ3) is 5.92. The van der Waals surface area contributed by atoms with Gasteiger partial charge in [0.15, 0.2) is 11.0 Å². The summed E-state index contributed by atoms with van der Waals surface area (Å²) in [5, 5.41) is 12.6. The van der Waals surface area contributed by atoms with Gasteiger partial charge < -0.3 is 10.2 Å². The Morgan fingerprint density at radius 2 is 1.57 bits per heavy atom. The van der Waals surface area contributed by atoms with E-state index in [4.69, 9.17) is 0 Å². The van der Waals surface area contributed by atoms with Crippen LogP contribution in [0.4, 0.5) is 11.4 Å². The van der Waals surface area contributed by atoms with E-state index in [1.165, 1.54) is 17.3 Å². The minimum Gasteiger partial charge on any atom is -0.378 e. The molecule has 1 N–H and O–H groups in total. The molecule has 0 atom stereocenters. The second-order valence-corrected chi connectivity index (χ2v) is 10.5. The highest BCUT2D eigenvalue weighted by molar-refractivity contribution is 7.99. The highest BCUT2D eigenvalue weighted by atomic mass is 32.2. The lowest BCUT2D eigenvalue weighted by molar-refractivity contribution is -0.113. The zero-order valence-corrected chi connectivity index (χ0v) is 21.6. The monoisotopic (exact) mass is 485 g/mol. The number of amides is 1. The highest BCUT2D eigenvalue weighted by Gasteiger charge is 2.19. The summed E-state index contributed by atoms with van der Waals surface area (Å²) in [7, 11) is 3.97. The van der Waals surface area contributed by atoms with Gasteiger partial charge in [-0.1, -0.05) is 75.0 Å². The standard InChI is InChI=1S/C28H31N5OS/c1-28(2,3)21-13-11-20(12-14-21)26-30-31-27(33(26)24-9-7-6-8-10-24)35-19-25(34)29-22-15-17-23(18-16-22)32(4)5/h6-18H,19H2,1-5H3,(H,29,34). The lowest BCUT2D eigenvalue weighted by atomic mass is 9.87. The quantitative estimate of drug-likeness (QED) is 0.324. The Morgan fingerprint density at radius 3 is 2.17 bits per heavy atom. The van der Waals surface area contributed by atoms with Gasteiger partial charge in [0, 0.05) is 36.7 Å². The van der Waals surface area contributed by atoms with Crippen molar-refractivity contribution in [2.24, 2.45) is 0 Å². The molecule has 1 amide bonds. The molecular formula is C28H31N5OS. The first-order valence-electron chi connectivity index (χ1n) is 11.5. The molecule has 0 saturated heterocycles. The molecule has 4 aromatic rings. The fraction of sp³-hybridized carbons (Fsp3) is 0.250. The van der Waals surface area contributed by atoms with Crippen molar-refractivity contribution in [3.63, 3.8) is 0 Å². The number of anilines is 2. The zero-order valence-electron chi connectivity index (χ0n) is 20.8. The van der Waals surface area contributed by atoms with E-state index in [2.05, 4.69) is 60.6 Å². The molecule has 1 aromatic heterocycles. The lowest BCUT2D eigenvalue weighted by Gasteiger charge is -2.19. The molecule has 0 aliphatic rings. The van der Waals surface area contributed by atoms with E-state index in [1.54, 1.807) is 0 Å². The summed E-state index contributed by atoms with van der Waals surface area (Å²) in [6, 6.07) is 26.2. The number of para-hydroxylation sites is 1. The van der Waals surface area contributed by atoms with Crippen LogP contribution < -0.4 is 10.2 Å². The first-order valence-corrected chi connectivity index (χ1v) is 12.5. The largest absolute Gasteiger partial charge is 0.378 e. The van der Waals surface area contributed by atoms with Crippen LogP contribution in [0.25, 0.3) is 17.1 Å². The molecule has 0 fully saturated rings. The first-order chi connectivity index (χ1) is 16.7. The minimum atomic E-state index is -0.0914. The maximum absolute atomic E-state index is 12.7. The van der Waals surface area contributed by atoms with Crippen molar-refractivity contribution in [1.82, 2.24) is 14.8 Å². The molecular weight excluding hydrogens is 454 g/mol. The van der Waals surface area contributed by atoms with Crippen LogP contribution in [0.2, 0.25) is 0 Å². The van der Waals surface area contributed by atoms with Crippen LogP contribution in [0.15, 0.2) is 84.0 Å². The van der Waals surface area contributed by atoms with Crippen LogP contribution in [0.5, 0.6) is 0 Å². The summed E-state index contributed by atoms with van der Waals surface area (Å²) in [6.07, 6.45) is 0. The summed E-state index contributed by atoms with van der Waals surface area (Å²) < 4.78 is 2.01. The van der Waals surface area contributed by atoms with Gasteiger partial charge in [-0.3, -0.25) is 9.36 Å². The SMILES string of the molecule is CN(C)c1ccc(NC(=O)CSc2nnc(-c3ccc(C(C)(C)C)cc3)n2-c2ccccc2)cc1. The van der Waals surface area contributed by atoms with E-state index in [9.17, 15) is 4.79 Å². The van der Waals surface area contributed by atoms with Crippen molar-refractivity contribution in [2.75, 3.05) is 30.1 Å². The Morgan fingerprint density at radius 1 is 0.914 bits per heavy atom. The van der Waals surface area contributed by atoms with Gasteiger partial charge in [0.2, 0.25) is 5.91 Å². The van der Waals surface area contributed by atoms with E-state index in [0.717, 1.165) is 28.5 Å². The van der Waals surface area contributed by atoms with Crippen molar-refractivity contribution < 1.29 is 4.79 Å². The van der Waals surface area contributed by atoms with E-state index >= 15 is 0 Å². The fourth-order valence-electron chi connectivity index (χ4n) is 3.65. The van der Waals surface area contributed by atoms with Gasteiger partial charge in [-0.25, -0.2) is 0 Å². The Labute approximate surface area is 211 Å². The van der Waals surface area contributed by atoms with Crippen molar-refractivity contribution >= 4 is 29.0 Å². The molecule has 0 bridgehead atoms. The van der Waals surface area contributed by atoms with Gasteiger partial charge >= 0.3 is 0 Å². The summed E-state index contributed by atoms with van der Waals surface area (Å²) in [5.41, 5.74) is 5.12. The van der Waals surface area contributed by atoms with Gasteiger partial charge in [0.25, 0.3) is 0 Å². The molecule has 1 heterocycles. The third-order valence-electron chi connectivity index (χ3n) is 5.66. The average molecular weight is 486 g/mol. The van der Waals surface area contributed by atoms with Crippen molar-refractivity contribution in [3.8, 4) is 17.1 Å². The summed E-state index contributed by atoms with van der Waals surface area (Å²) in [6.45, 7) is 6.60. The van der Waals surface area contributed by atoms with Crippen molar-refractivity contribution in [2.45, 2.75) is 31.3 Å². The second kappa shape index (κ2) is 10.4. The van der Waals surface area contributed by atoms with E-state index in [-0.39, 0.29) is 17.1 Å². The first kappa shape index (κ1) is 24.5. The average Bonchev–Trinajstić information content (AvgIpc) is 3.27. The highest BCUT2D eigenvalue weighted by Crippen LogP contribution is 2.30. The van der Waals surface area contributed by atoms with Crippen LogP contribution in [0.1, 0.15) is 26.3 Å². The van der Waals surface area contributed by atoms with Crippen LogP contribution in [0, 0.1) is 0 Å². The number of carbonyl (C=O) groups is 1. The van der Waals surface area contributed by atoms with Crippen molar-refractivity contribution in [1.29, 1.82) is 0 Å². The minimum absolute atomic E-state index is 0.0762. The van der Waals surface area contributed by atoms with Gasteiger partial charge in [-0.15, -0.1) is 10.2 Å². The van der Waals surface area contributed by atoms with Gasteiger partial charge in [0.1, 0.15) is 0 Å². The van der Waals surface area contributed by atoms with E-state index in [1.807, 2.05) is 78.2 Å². The van der Waals surface area contributed by atoms with Crippen molar-refractivity contribution in [3.05, 3.63) is 84.4 Å². The maximum Gasteiger partial charge on any atom is 0.234 e. The number of benzene rings is 3. The smallest absolute Gasteiger partial charge is 0.234 e. The Kier molecular flexibility index (Phi) is 7.26. The molecule has 6 nitrogen and oxygen atoms in total. The molecule has 0 aliphatic carbocycles.